The minimum Gasteiger partial charge on any atom is -0.481 e. The second-order valence-electron chi connectivity index (χ2n) is 5.51. The number of ether oxygens (including phenoxy) is 1. The Kier molecular flexibility index (Phi) is 4.41. The fraction of sp³-hybridized carbons (Fsp3) is 0.235. The number of rotatable bonds is 5. The Labute approximate surface area is 137 Å². The summed E-state index contributed by atoms with van der Waals surface area (Å²) in [5, 5.41) is 9.00. The fourth-order valence-corrected chi connectivity index (χ4v) is 2.48. The molecule has 1 amide bonds. The lowest BCUT2D eigenvalue weighted by Crippen LogP contribution is -2.25. The first-order valence-corrected chi connectivity index (χ1v) is 7.39. The first-order chi connectivity index (χ1) is 11.5. The molecule has 24 heavy (non-hydrogen) atoms. The van der Waals surface area contributed by atoms with E-state index >= 15 is 0 Å². The van der Waals surface area contributed by atoms with E-state index in [1.54, 1.807) is 24.3 Å². The van der Waals surface area contributed by atoms with Crippen LogP contribution in [0.2, 0.25) is 0 Å². The minimum absolute atomic E-state index is 0.00183. The molecule has 0 aliphatic carbocycles. The third kappa shape index (κ3) is 3.51. The number of aliphatic carboxylic acids is 1. The predicted molar refractivity (Wildman–Crippen MR) is 83.1 cm³/mol. The van der Waals surface area contributed by atoms with Gasteiger partial charge in [-0.15, -0.1) is 0 Å². The van der Waals surface area contributed by atoms with Crippen molar-refractivity contribution in [2.75, 3.05) is 11.4 Å². The van der Waals surface area contributed by atoms with Crippen molar-refractivity contribution in [3.05, 3.63) is 54.0 Å². The van der Waals surface area contributed by atoms with Gasteiger partial charge in [-0.25, -0.2) is 9.37 Å². The number of nitrogens with zero attached hydrogens (tertiary/aromatic N) is 2. The van der Waals surface area contributed by atoms with Crippen LogP contribution in [0.4, 0.5) is 10.1 Å². The summed E-state index contributed by atoms with van der Waals surface area (Å²) < 4.78 is 18.3. The molecule has 7 heteroatoms. The quantitative estimate of drug-likeness (QED) is 0.909. The molecule has 0 unspecified atom stereocenters. The number of amides is 1. The summed E-state index contributed by atoms with van der Waals surface area (Å²) in [5.74, 6) is -1.84. The van der Waals surface area contributed by atoms with E-state index in [1.807, 2.05) is 0 Å². The largest absolute Gasteiger partial charge is 0.481 e. The second-order valence-corrected chi connectivity index (χ2v) is 5.51. The molecule has 0 radical (unpaired) electrons. The van der Waals surface area contributed by atoms with Crippen molar-refractivity contribution in [1.29, 1.82) is 0 Å². The smallest absolute Gasteiger partial charge is 0.308 e. The monoisotopic (exact) mass is 330 g/mol. The molecule has 1 N–H and O–H groups in total. The molecule has 1 aromatic carbocycles. The molecule has 1 aromatic heterocycles. The van der Waals surface area contributed by atoms with Crippen LogP contribution < -0.4 is 9.64 Å². The van der Waals surface area contributed by atoms with Gasteiger partial charge in [-0.3, -0.25) is 9.59 Å². The number of hydrogen-bond donors (Lipinski definition) is 1. The fourth-order valence-electron chi connectivity index (χ4n) is 2.48. The summed E-state index contributed by atoms with van der Waals surface area (Å²) in [4.78, 5) is 28.4. The second kappa shape index (κ2) is 6.66. The number of aromatic nitrogens is 1. The predicted octanol–water partition coefficient (Wildman–Crippen LogP) is 2.24. The van der Waals surface area contributed by atoms with Crippen molar-refractivity contribution < 1.29 is 23.8 Å². The Morgan fingerprint density at radius 3 is 2.62 bits per heavy atom. The number of carboxylic acid groups (broad SMARTS) is 1. The highest BCUT2D eigenvalue weighted by molar-refractivity contribution is 5.99. The number of benzene rings is 1. The Hall–Kier alpha value is -2.96. The average molecular weight is 330 g/mol. The van der Waals surface area contributed by atoms with Crippen LogP contribution in [0, 0.1) is 11.7 Å². The van der Waals surface area contributed by atoms with Crippen molar-refractivity contribution >= 4 is 17.6 Å². The summed E-state index contributed by atoms with van der Waals surface area (Å²) >= 11 is 0. The number of pyridine rings is 1. The summed E-state index contributed by atoms with van der Waals surface area (Å²) in [5.41, 5.74) is 1.35. The number of hydrogen-bond acceptors (Lipinski definition) is 4. The lowest BCUT2D eigenvalue weighted by atomic mass is 10.1. The van der Waals surface area contributed by atoms with Crippen LogP contribution >= 0.6 is 0 Å². The molecule has 1 aliphatic rings. The van der Waals surface area contributed by atoms with Crippen molar-refractivity contribution in [3.63, 3.8) is 0 Å². The normalized spacial score (nSPS) is 17.1. The van der Waals surface area contributed by atoms with Gasteiger partial charge in [0, 0.05) is 19.0 Å². The zero-order valence-corrected chi connectivity index (χ0v) is 12.7. The van der Waals surface area contributed by atoms with Gasteiger partial charge in [0.05, 0.1) is 17.8 Å². The number of carboxylic acids is 1. The molecule has 0 spiro atoms. The summed E-state index contributed by atoms with van der Waals surface area (Å²) in [6.45, 7) is 0.391. The average Bonchev–Trinajstić information content (AvgIpc) is 2.97. The van der Waals surface area contributed by atoms with Crippen LogP contribution in [-0.2, 0) is 16.2 Å². The topological polar surface area (TPSA) is 79.7 Å². The van der Waals surface area contributed by atoms with Gasteiger partial charge in [-0.1, -0.05) is 12.1 Å². The van der Waals surface area contributed by atoms with Gasteiger partial charge in [0.25, 0.3) is 0 Å². The molecule has 6 nitrogen and oxygen atoms in total. The zero-order chi connectivity index (χ0) is 17.1. The van der Waals surface area contributed by atoms with Crippen LogP contribution in [0.1, 0.15) is 12.0 Å². The Morgan fingerprint density at radius 1 is 1.29 bits per heavy atom. The molecule has 2 heterocycles. The van der Waals surface area contributed by atoms with E-state index in [9.17, 15) is 14.0 Å². The maximum Gasteiger partial charge on any atom is 0.308 e. The Balaban J connectivity index is 1.62. The molecule has 1 atom stereocenters. The lowest BCUT2D eigenvalue weighted by Gasteiger charge is -2.16. The molecule has 1 fully saturated rings. The summed E-state index contributed by atoms with van der Waals surface area (Å²) in [6.07, 6.45) is 1.47. The van der Waals surface area contributed by atoms with Gasteiger partial charge in [-0.05, 0) is 23.8 Å². The van der Waals surface area contributed by atoms with Gasteiger partial charge in [-0.2, -0.15) is 0 Å². The highest BCUT2D eigenvalue weighted by atomic mass is 19.1. The molecule has 1 aliphatic heterocycles. The van der Waals surface area contributed by atoms with Crippen LogP contribution in [0.5, 0.6) is 5.88 Å². The minimum atomic E-state index is -0.974. The van der Waals surface area contributed by atoms with Gasteiger partial charge in [0.2, 0.25) is 11.8 Å². The van der Waals surface area contributed by atoms with Gasteiger partial charge >= 0.3 is 5.97 Å². The Morgan fingerprint density at radius 2 is 2.04 bits per heavy atom. The molecule has 0 bridgehead atoms. The van der Waals surface area contributed by atoms with Gasteiger partial charge in [0.1, 0.15) is 12.4 Å². The van der Waals surface area contributed by atoms with Crippen molar-refractivity contribution in [1.82, 2.24) is 4.98 Å². The highest BCUT2D eigenvalue weighted by Gasteiger charge is 2.35. The van der Waals surface area contributed by atoms with Gasteiger partial charge < -0.3 is 14.7 Å². The standard InChI is InChI=1S/C17H15FN2O4/c18-13-3-1-11(2-4-13)10-24-15-6-5-14(8-19-15)20-9-12(17(22)23)7-16(20)21/h1-6,8,12H,7,9-10H2,(H,22,23)/t12-/m0/s1. The summed E-state index contributed by atoms with van der Waals surface area (Å²) in [6, 6.07) is 9.23. The van der Waals surface area contributed by atoms with E-state index in [-0.39, 0.29) is 31.3 Å². The van der Waals surface area contributed by atoms with E-state index in [4.69, 9.17) is 9.84 Å². The van der Waals surface area contributed by atoms with E-state index in [0.29, 0.717) is 11.6 Å². The van der Waals surface area contributed by atoms with Crippen LogP contribution in [0.3, 0.4) is 0 Å². The van der Waals surface area contributed by atoms with Gasteiger partial charge in [0.15, 0.2) is 0 Å². The van der Waals surface area contributed by atoms with Crippen molar-refractivity contribution in [3.8, 4) is 5.88 Å². The van der Waals surface area contributed by atoms with E-state index in [2.05, 4.69) is 4.98 Å². The SMILES string of the molecule is O=C(O)[C@H]1CC(=O)N(c2ccc(OCc3ccc(F)cc3)nc2)C1. The number of halogens is 1. The summed E-state index contributed by atoms with van der Waals surface area (Å²) in [7, 11) is 0. The molecule has 124 valence electrons. The third-order valence-electron chi connectivity index (χ3n) is 3.81. The van der Waals surface area contributed by atoms with Crippen molar-refractivity contribution in [2.24, 2.45) is 5.92 Å². The number of carbonyl (C=O) groups is 2. The maximum atomic E-state index is 12.8. The first-order valence-electron chi connectivity index (χ1n) is 7.39. The molecular weight excluding hydrogens is 315 g/mol. The molecule has 2 aromatic rings. The molecule has 1 saturated heterocycles. The van der Waals surface area contributed by atoms with Crippen LogP contribution in [-0.4, -0.2) is 28.5 Å². The number of carbonyl (C=O) groups excluding carboxylic acids is 1. The molecular formula is C17H15FN2O4. The van der Waals surface area contributed by atoms with Crippen LogP contribution in [0.25, 0.3) is 0 Å². The third-order valence-corrected chi connectivity index (χ3v) is 3.81. The number of anilines is 1. The van der Waals surface area contributed by atoms with Crippen molar-refractivity contribution in [2.45, 2.75) is 13.0 Å². The maximum absolute atomic E-state index is 12.8. The van der Waals surface area contributed by atoms with Crippen LogP contribution in [0.15, 0.2) is 42.6 Å². The van der Waals surface area contributed by atoms with E-state index in [0.717, 1.165) is 5.56 Å². The molecule has 3 rings (SSSR count). The Bertz CT molecular complexity index is 746. The van der Waals surface area contributed by atoms with E-state index < -0.39 is 11.9 Å². The highest BCUT2D eigenvalue weighted by Crippen LogP contribution is 2.25. The van der Waals surface area contributed by atoms with E-state index in [1.165, 1.54) is 23.2 Å². The molecule has 0 saturated carbocycles. The lowest BCUT2D eigenvalue weighted by molar-refractivity contribution is -0.141. The first kappa shape index (κ1) is 15.9. The zero-order valence-electron chi connectivity index (χ0n) is 12.7.